The highest BCUT2D eigenvalue weighted by atomic mass is 31.1. The summed E-state index contributed by atoms with van der Waals surface area (Å²) in [5.41, 5.74) is -2.70. The molecule has 29 heavy (non-hydrogen) atoms. The molecule has 0 aliphatic carbocycles. The first-order valence-corrected chi connectivity index (χ1v) is 10.6. The van der Waals surface area contributed by atoms with Gasteiger partial charge in [0, 0.05) is 6.20 Å². The molecule has 10 nitrogen and oxygen atoms in total. The summed E-state index contributed by atoms with van der Waals surface area (Å²) in [5, 5.41) is 12.7. The van der Waals surface area contributed by atoms with Gasteiger partial charge in [-0.3, -0.25) is 9.36 Å². The first-order valence-electron chi connectivity index (χ1n) is 8.87. The molecule has 1 aromatic heterocycles. The van der Waals surface area contributed by atoms with Gasteiger partial charge in [-0.1, -0.05) is 14.3 Å². The Kier molecular flexibility index (Phi) is 7.95. The predicted molar refractivity (Wildman–Crippen MR) is 105 cm³/mol. The van der Waals surface area contributed by atoms with Crippen molar-refractivity contribution >= 4 is 28.8 Å². The minimum atomic E-state index is -2.52. The van der Waals surface area contributed by atoms with Gasteiger partial charge in [0.05, 0.1) is 11.5 Å². The number of aliphatic hydroxyl groups excluding tert-OH is 1. The SMILES string of the molecule is CC(C)OC(=O)[C@H](C)N[P+](=O)OCC1O[C@@H](n2ccc(P)nc2=O)[C@](C)(F)[C@@H]1O. The molecule has 0 amide bonds. The lowest BCUT2D eigenvalue weighted by Crippen LogP contribution is -2.43. The van der Waals surface area contributed by atoms with E-state index in [0.717, 1.165) is 11.5 Å². The molecule has 7 atom stereocenters. The number of hydrogen-bond acceptors (Lipinski definition) is 8. The molecule has 3 unspecified atom stereocenters. The molecule has 1 saturated heterocycles. The van der Waals surface area contributed by atoms with Crippen molar-refractivity contribution < 1.29 is 32.9 Å². The van der Waals surface area contributed by atoms with Crippen LogP contribution in [0.5, 0.6) is 0 Å². The summed E-state index contributed by atoms with van der Waals surface area (Å²) >= 11 is 0. The predicted octanol–water partition coefficient (Wildman–Crippen LogP) is 0.334. The van der Waals surface area contributed by atoms with Crippen molar-refractivity contribution in [1.82, 2.24) is 14.6 Å². The van der Waals surface area contributed by atoms with Gasteiger partial charge in [0.25, 0.3) is 0 Å². The number of nitrogens with one attached hydrogen (secondary N) is 1. The van der Waals surface area contributed by atoms with Crippen molar-refractivity contribution in [2.45, 2.75) is 63.9 Å². The zero-order valence-electron chi connectivity index (χ0n) is 16.4. The Bertz CT molecular complexity index is 820. The van der Waals surface area contributed by atoms with Crippen LogP contribution in [-0.4, -0.2) is 57.3 Å². The van der Waals surface area contributed by atoms with Crippen molar-refractivity contribution in [2.24, 2.45) is 0 Å². The first-order chi connectivity index (χ1) is 13.4. The van der Waals surface area contributed by atoms with Crippen LogP contribution >= 0.6 is 17.4 Å². The highest BCUT2D eigenvalue weighted by molar-refractivity contribution is 7.36. The average molecular weight is 452 g/mol. The van der Waals surface area contributed by atoms with Gasteiger partial charge in [0.15, 0.2) is 11.9 Å². The van der Waals surface area contributed by atoms with Crippen LogP contribution in [0.25, 0.3) is 0 Å². The fraction of sp³-hybridized carbons (Fsp3) is 0.688. The van der Waals surface area contributed by atoms with E-state index in [1.165, 1.54) is 19.2 Å². The Morgan fingerprint density at radius 1 is 1.55 bits per heavy atom. The van der Waals surface area contributed by atoms with Crippen molar-refractivity contribution in [1.29, 1.82) is 0 Å². The Morgan fingerprint density at radius 3 is 2.79 bits per heavy atom. The fourth-order valence-corrected chi connectivity index (χ4v) is 3.65. The Morgan fingerprint density at radius 2 is 2.21 bits per heavy atom. The number of carbonyl (C=O) groups excluding carboxylic acids is 1. The van der Waals surface area contributed by atoms with Gasteiger partial charge in [-0.25, -0.2) is 9.18 Å². The molecule has 0 bridgehead atoms. The van der Waals surface area contributed by atoms with Gasteiger partial charge in [-0.05, 0) is 38.3 Å². The van der Waals surface area contributed by atoms with Crippen molar-refractivity contribution in [3.8, 4) is 0 Å². The second kappa shape index (κ2) is 9.64. The van der Waals surface area contributed by atoms with Gasteiger partial charge >= 0.3 is 19.8 Å². The lowest BCUT2D eigenvalue weighted by atomic mass is 9.98. The molecule has 0 saturated carbocycles. The van der Waals surface area contributed by atoms with Gasteiger partial charge in [0.1, 0.15) is 24.9 Å². The minimum Gasteiger partial charge on any atom is -0.462 e. The number of carbonyl (C=O) groups is 1. The molecular weight excluding hydrogens is 427 g/mol. The first kappa shape index (κ1) is 23.9. The number of rotatable bonds is 8. The van der Waals surface area contributed by atoms with E-state index in [9.17, 15) is 19.3 Å². The third-order valence-electron chi connectivity index (χ3n) is 4.18. The Balaban J connectivity index is 1.99. The Hall–Kier alpha value is -1.35. The maximum absolute atomic E-state index is 15.1. The largest absolute Gasteiger partial charge is 0.613 e. The van der Waals surface area contributed by atoms with Crippen LogP contribution in [0, 0.1) is 0 Å². The van der Waals surface area contributed by atoms with Gasteiger partial charge in [0.2, 0.25) is 0 Å². The summed E-state index contributed by atoms with van der Waals surface area (Å²) in [6.07, 6.45) is -3.31. The average Bonchev–Trinajstić information content (AvgIpc) is 2.82. The summed E-state index contributed by atoms with van der Waals surface area (Å²) in [6.45, 7) is 5.46. The second-order valence-corrected chi connectivity index (χ2v) is 8.68. The van der Waals surface area contributed by atoms with Gasteiger partial charge in [-0.15, -0.1) is 4.52 Å². The molecule has 0 spiro atoms. The van der Waals surface area contributed by atoms with Gasteiger partial charge < -0.3 is 14.6 Å². The number of nitrogens with zero attached hydrogens (tertiary/aromatic N) is 2. The molecule has 0 aromatic carbocycles. The summed E-state index contributed by atoms with van der Waals surface area (Å²) < 4.78 is 43.6. The third kappa shape index (κ3) is 5.84. The van der Waals surface area contributed by atoms with Gasteiger partial charge in [-0.2, -0.15) is 4.98 Å². The normalized spacial score (nSPS) is 28.4. The molecule has 1 aromatic rings. The van der Waals surface area contributed by atoms with Crippen LogP contribution in [0.2, 0.25) is 0 Å². The van der Waals surface area contributed by atoms with Crippen LogP contribution in [0.1, 0.15) is 33.9 Å². The van der Waals surface area contributed by atoms with Crippen LogP contribution in [0.3, 0.4) is 0 Å². The van der Waals surface area contributed by atoms with E-state index in [4.69, 9.17) is 14.0 Å². The van der Waals surface area contributed by atoms with Crippen LogP contribution < -0.4 is 16.2 Å². The quantitative estimate of drug-likeness (QED) is 0.424. The standard InChI is InChI=1S/C16H25FN3O7P2/c1-8(2)26-13(22)9(3)19-29(24)25-7-10-12(21)16(4,17)14(27-10)20-6-5-11(28)18-15(20)23/h5-6,8-10,12,14,21H,7,28H2,1-4H3,(H,19,24)/q+1/t9-,10?,12+,14+,16+/m0/s1. The summed E-state index contributed by atoms with van der Waals surface area (Å²) in [7, 11) is -0.273. The lowest BCUT2D eigenvalue weighted by molar-refractivity contribution is -0.149. The van der Waals surface area contributed by atoms with E-state index in [1.807, 2.05) is 0 Å². The molecule has 162 valence electrons. The molecular formula is C16H25FN3O7P2+. The monoisotopic (exact) mass is 452 g/mol. The zero-order valence-corrected chi connectivity index (χ0v) is 18.5. The maximum atomic E-state index is 15.1. The summed E-state index contributed by atoms with van der Waals surface area (Å²) in [5.74, 6) is -0.607. The summed E-state index contributed by atoms with van der Waals surface area (Å²) in [4.78, 5) is 27.4. The smallest absolute Gasteiger partial charge is 0.462 e. The molecule has 2 rings (SSSR count). The number of esters is 1. The minimum absolute atomic E-state index is 0.329. The summed E-state index contributed by atoms with van der Waals surface area (Å²) in [6, 6.07) is 0.574. The van der Waals surface area contributed by atoms with E-state index in [1.54, 1.807) is 13.8 Å². The van der Waals surface area contributed by atoms with Crippen LogP contribution in [-0.2, 0) is 23.4 Å². The molecule has 1 aliphatic heterocycles. The molecule has 0 radical (unpaired) electrons. The highest BCUT2D eigenvalue weighted by Gasteiger charge is 2.56. The van der Waals surface area contributed by atoms with Crippen molar-refractivity contribution in [3.05, 3.63) is 22.7 Å². The number of alkyl halides is 1. The molecule has 2 N–H and O–H groups in total. The van der Waals surface area contributed by atoms with E-state index < -0.39 is 56.6 Å². The molecule has 1 fully saturated rings. The highest BCUT2D eigenvalue weighted by Crippen LogP contribution is 2.41. The number of ether oxygens (including phenoxy) is 2. The van der Waals surface area contributed by atoms with E-state index in [-0.39, 0.29) is 6.10 Å². The maximum Gasteiger partial charge on any atom is 0.613 e. The molecule has 1 aliphatic rings. The fourth-order valence-electron chi connectivity index (χ4n) is 2.68. The van der Waals surface area contributed by atoms with E-state index >= 15 is 4.39 Å². The second-order valence-electron chi connectivity index (χ2n) is 7.05. The number of aliphatic hydroxyl groups is 1. The van der Waals surface area contributed by atoms with E-state index in [0.29, 0.717) is 5.44 Å². The zero-order chi connectivity index (χ0) is 21.9. The van der Waals surface area contributed by atoms with Crippen LogP contribution in [0.15, 0.2) is 17.1 Å². The van der Waals surface area contributed by atoms with Crippen LogP contribution in [0.4, 0.5) is 4.39 Å². The molecule has 13 heteroatoms. The third-order valence-corrected chi connectivity index (χ3v) is 5.48. The topological polar surface area (TPSA) is 129 Å². The van der Waals surface area contributed by atoms with E-state index in [2.05, 4.69) is 19.3 Å². The number of hydrogen-bond donors (Lipinski definition) is 2. The lowest BCUT2D eigenvalue weighted by Gasteiger charge is -2.24. The Labute approximate surface area is 170 Å². The molecule has 2 heterocycles. The van der Waals surface area contributed by atoms with Crippen molar-refractivity contribution in [3.63, 3.8) is 0 Å². The number of halogens is 1. The van der Waals surface area contributed by atoms with Crippen molar-refractivity contribution in [2.75, 3.05) is 6.61 Å². The number of aromatic nitrogens is 2.